The van der Waals surface area contributed by atoms with Gasteiger partial charge >= 0.3 is 6.09 Å². The van der Waals surface area contributed by atoms with Crippen molar-refractivity contribution < 1.29 is 14.3 Å². The van der Waals surface area contributed by atoms with E-state index in [2.05, 4.69) is 44.3 Å². The van der Waals surface area contributed by atoms with E-state index < -0.39 is 0 Å². The monoisotopic (exact) mass is 491 g/mol. The summed E-state index contributed by atoms with van der Waals surface area (Å²) >= 11 is 0. The molecule has 1 saturated heterocycles. The van der Waals surface area contributed by atoms with Gasteiger partial charge in [0.2, 0.25) is 5.91 Å². The lowest BCUT2D eigenvalue weighted by Crippen LogP contribution is -2.46. The van der Waals surface area contributed by atoms with Gasteiger partial charge in [-0.1, -0.05) is 6.07 Å². The molecule has 0 bridgehead atoms. The number of likely N-dealkylation sites (tertiary alicyclic amines) is 1. The van der Waals surface area contributed by atoms with E-state index in [1.165, 1.54) is 11.1 Å². The molecule has 0 unspecified atom stereocenters. The molecule has 0 aliphatic carbocycles. The van der Waals surface area contributed by atoms with Crippen molar-refractivity contribution >= 4 is 23.0 Å². The number of nitrogens with zero attached hydrogens (tertiary/aromatic N) is 4. The maximum absolute atomic E-state index is 12.8. The van der Waals surface area contributed by atoms with Crippen molar-refractivity contribution in [1.82, 2.24) is 25.0 Å². The van der Waals surface area contributed by atoms with Crippen LogP contribution in [0.3, 0.4) is 0 Å². The fraction of sp³-hybridized carbons (Fsp3) is 0.500. The Morgan fingerprint density at radius 1 is 1.06 bits per heavy atom. The number of aryl methyl sites for hydroxylation is 5. The van der Waals surface area contributed by atoms with Gasteiger partial charge in [-0.25, -0.2) is 14.5 Å². The van der Waals surface area contributed by atoms with Crippen LogP contribution in [0.2, 0.25) is 0 Å². The number of benzene rings is 1. The molecule has 2 aromatic heterocycles. The molecule has 4 rings (SSSR count). The Labute approximate surface area is 213 Å². The minimum Gasteiger partial charge on any atom is -0.450 e. The normalized spacial score (nSPS) is 14.3. The smallest absolute Gasteiger partial charge is 0.409 e. The molecule has 36 heavy (non-hydrogen) atoms. The molecule has 8 heteroatoms. The highest BCUT2D eigenvalue weighted by molar-refractivity contribution is 5.85. The topological polar surface area (TPSA) is 89.3 Å². The van der Waals surface area contributed by atoms with Gasteiger partial charge in [0.15, 0.2) is 5.65 Å². The summed E-state index contributed by atoms with van der Waals surface area (Å²) in [5.74, 6) is 0.0334. The molecule has 1 N–H and O–H groups in total. The predicted molar refractivity (Wildman–Crippen MR) is 141 cm³/mol. The van der Waals surface area contributed by atoms with Crippen molar-refractivity contribution in [3.05, 3.63) is 51.8 Å². The highest BCUT2D eigenvalue weighted by Crippen LogP contribution is 2.29. The van der Waals surface area contributed by atoms with Crippen LogP contribution in [-0.4, -0.2) is 57.4 Å². The van der Waals surface area contributed by atoms with Crippen molar-refractivity contribution in [2.24, 2.45) is 0 Å². The van der Waals surface area contributed by atoms with Crippen LogP contribution in [0, 0.1) is 34.6 Å². The minimum absolute atomic E-state index is 0.0334. The SMILES string of the molecule is CCOC(=O)N1CCC(NC(=O)CCc2c(C)nc3c(c(C)nn3-c3ccc(C)c(C)c3)c2C)CC1. The second-order valence-corrected chi connectivity index (χ2v) is 9.79. The number of pyridine rings is 1. The first kappa shape index (κ1) is 25.7. The first-order valence-electron chi connectivity index (χ1n) is 12.8. The summed E-state index contributed by atoms with van der Waals surface area (Å²) in [5.41, 5.74) is 8.44. The van der Waals surface area contributed by atoms with Crippen LogP contribution in [0.25, 0.3) is 16.7 Å². The molecule has 1 aromatic carbocycles. The van der Waals surface area contributed by atoms with Gasteiger partial charge in [-0.15, -0.1) is 0 Å². The summed E-state index contributed by atoms with van der Waals surface area (Å²) in [6.07, 6.45) is 2.24. The Balaban J connectivity index is 1.44. The number of piperidine rings is 1. The lowest BCUT2D eigenvalue weighted by Gasteiger charge is -2.31. The van der Waals surface area contributed by atoms with Crippen molar-refractivity contribution in [1.29, 1.82) is 0 Å². The van der Waals surface area contributed by atoms with Crippen LogP contribution in [0.4, 0.5) is 4.79 Å². The maximum Gasteiger partial charge on any atom is 0.409 e. The van der Waals surface area contributed by atoms with Crippen LogP contribution in [0.5, 0.6) is 0 Å². The fourth-order valence-corrected chi connectivity index (χ4v) is 5.07. The maximum atomic E-state index is 12.8. The lowest BCUT2D eigenvalue weighted by atomic mass is 9.98. The number of hydrogen-bond acceptors (Lipinski definition) is 5. The molecule has 3 aromatic rings. The number of aromatic nitrogens is 3. The summed E-state index contributed by atoms with van der Waals surface area (Å²) in [7, 11) is 0. The van der Waals surface area contributed by atoms with E-state index in [9.17, 15) is 9.59 Å². The Kier molecular flexibility index (Phi) is 7.62. The van der Waals surface area contributed by atoms with Crippen LogP contribution < -0.4 is 5.32 Å². The molecule has 2 amide bonds. The molecule has 8 nitrogen and oxygen atoms in total. The van der Waals surface area contributed by atoms with E-state index in [-0.39, 0.29) is 18.0 Å². The largest absolute Gasteiger partial charge is 0.450 e. The van der Waals surface area contributed by atoms with E-state index in [0.29, 0.717) is 32.5 Å². The minimum atomic E-state index is -0.271. The third kappa shape index (κ3) is 5.22. The van der Waals surface area contributed by atoms with Crippen LogP contribution in [0.15, 0.2) is 18.2 Å². The number of fused-ring (bicyclic) bond motifs is 1. The Morgan fingerprint density at radius 3 is 2.44 bits per heavy atom. The van der Waals surface area contributed by atoms with Gasteiger partial charge in [-0.2, -0.15) is 5.10 Å². The zero-order valence-electron chi connectivity index (χ0n) is 22.3. The second kappa shape index (κ2) is 10.7. The Hall–Kier alpha value is -3.42. The summed E-state index contributed by atoms with van der Waals surface area (Å²) < 4.78 is 7.00. The fourth-order valence-electron chi connectivity index (χ4n) is 5.07. The van der Waals surface area contributed by atoms with Crippen molar-refractivity contribution in [2.75, 3.05) is 19.7 Å². The highest BCUT2D eigenvalue weighted by Gasteiger charge is 2.25. The highest BCUT2D eigenvalue weighted by atomic mass is 16.6. The van der Waals surface area contributed by atoms with Crippen LogP contribution >= 0.6 is 0 Å². The van der Waals surface area contributed by atoms with Gasteiger partial charge in [-0.3, -0.25) is 4.79 Å². The van der Waals surface area contributed by atoms with Crippen LogP contribution in [0.1, 0.15) is 59.8 Å². The van der Waals surface area contributed by atoms with Gasteiger partial charge in [0.25, 0.3) is 0 Å². The van der Waals surface area contributed by atoms with Crippen molar-refractivity contribution in [3.63, 3.8) is 0 Å². The number of carbonyl (C=O) groups excluding carboxylic acids is 2. The first-order chi connectivity index (χ1) is 17.2. The third-order valence-electron chi connectivity index (χ3n) is 7.30. The summed E-state index contributed by atoms with van der Waals surface area (Å²) in [4.78, 5) is 31.3. The van der Waals surface area contributed by atoms with Gasteiger partial charge < -0.3 is 15.0 Å². The molecule has 0 atom stereocenters. The second-order valence-electron chi connectivity index (χ2n) is 9.79. The summed E-state index contributed by atoms with van der Waals surface area (Å²) in [6, 6.07) is 6.42. The Bertz CT molecular complexity index is 1290. The standard InChI is InChI=1S/C28H37N5O3/c1-7-36-28(35)32-14-12-22(13-15-32)30-25(34)11-10-24-19(4)26-21(6)31-33(27(26)29-20(24)5)23-9-8-17(2)18(3)16-23/h8-9,16,22H,7,10-15H2,1-6H3,(H,30,34). The number of hydrogen-bond donors (Lipinski definition) is 1. The van der Waals surface area contributed by atoms with Gasteiger partial charge in [0, 0.05) is 36.6 Å². The molecular weight excluding hydrogens is 454 g/mol. The average Bonchev–Trinajstić information content (AvgIpc) is 3.17. The first-order valence-corrected chi connectivity index (χ1v) is 12.8. The molecule has 1 aliphatic heterocycles. The quantitative estimate of drug-likeness (QED) is 0.543. The van der Waals surface area contributed by atoms with Gasteiger partial charge in [-0.05, 0) is 95.2 Å². The predicted octanol–water partition coefficient (Wildman–Crippen LogP) is 4.63. The molecule has 3 heterocycles. The van der Waals surface area contributed by atoms with Gasteiger partial charge in [0.1, 0.15) is 0 Å². The zero-order chi connectivity index (χ0) is 26.0. The lowest BCUT2D eigenvalue weighted by molar-refractivity contribution is -0.122. The summed E-state index contributed by atoms with van der Waals surface area (Å²) in [6.45, 7) is 13.7. The number of carbonyl (C=O) groups is 2. The van der Waals surface area contributed by atoms with Crippen molar-refractivity contribution in [3.8, 4) is 5.69 Å². The molecule has 0 saturated carbocycles. The molecule has 0 radical (unpaired) electrons. The number of nitrogens with one attached hydrogen (secondary N) is 1. The van der Waals surface area contributed by atoms with E-state index in [1.54, 1.807) is 11.8 Å². The molecule has 0 spiro atoms. The van der Waals surface area contributed by atoms with Gasteiger partial charge in [0.05, 0.1) is 18.0 Å². The zero-order valence-corrected chi connectivity index (χ0v) is 22.3. The van der Waals surface area contributed by atoms with E-state index in [4.69, 9.17) is 14.8 Å². The molecule has 192 valence electrons. The molecular formula is C28H37N5O3. The average molecular weight is 492 g/mol. The van der Waals surface area contributed by atoms with E-state index in [1.807, 2.05) is 18.5 Å². The van der Waals surface area contributed by atoms with E-state index in [0.717, 1.165) is 52.1 Å². The third-order valence-corrected chi connectivity index (χ3v) is 7.30. The van der Waals surface area contributed by atoms with Crippen LogP contribution in [-0.2, 0) is 16.0 Å². The number of amides is 2. The van der Waals surface area contributed by atoms with E-state index >= 15 is 0 Å². The summed E-state index contributed by atoms with van der Waals surface area (Å²) in [5, 5.41) is 9.02. The molecule has 1 fully saturated rings. The Morgan fingerprint density at radius 2 is 1.78 bits per heavy atom. The molecule has 1 aliphatic rings. The number of ether oxygens (including phenoxy) is 1. The number of rotatable bonds is 6. The van der Waals surface area contributed by atoms with Crippen molar-refractivity contribution in [2.45, 2.75) is 73.3 Å².